The molecule has 1 aromatic rings. The zero-order valence-electron chi connectivity index (χ0n) is 7.03. The maximum absolute atomic E-state index is 12.3. The summed E-state index contributed by atoms with van der Waals surface area (Å²) in [5, 5.41) is 0. The van der Waals surface area contributed by atoms with E-state index in [2.05, 4.69) is 20.9 Å². The van der Waals surface area contributed by atoms with Gasteiger partial charge in [0.05, 0.1) is 0 Å². The third kappa shape index (κ3) is 1.73. The van der Waals surface area contributed by atoms with E-state index in [0.717, 1.165) is 0 Å². The summed E-state index contributed by atoms with van der Waals surface area (Å²) < 4.78 is 36.9. The van der Waals surface area contributed by atoms with Crippen LogP contribution in [-0.2, 0) is 12.6 Å². The molecule has 0 saturated heterocycles. The Hall–Kier alpha value is -0.710. The monoisotopic (exact) mass is 265 g/mol. The molecular formula is C9H7BrF3N. The van der Waals surface area contributed by atoms with E-state index in [0.29, 0.717) is 17.7 Å². The van der Waals surface area contributed by atoms with Crippen molar-refractivity contribution in [3.8, 4) is 0 Å². The molecule has 0 bridgehead atoms. The first-order chi connectivity index (χ1) is 6.47. The minimum absolute atomic E-state index is 0.131. The molecular weight excluding hydrogens is 259 g/mol. The third-order valence-electron chi connectivity index (χ3n) is 2.13. The quantitative estimate of drug-likeness (QED) is 0.693. The smallest absolute Gasteiger partial charge is 0.351 e. The molecule has 76 valence electrons. The number of halogens is 4. The highest BCUT2D eigenvalue weighted by molar-refractivity contribution is 9.09. The van der Waals surface area contributed by atoms with Crippen LogP contribution < -0.4 is 0 Å². The maximum Gasteiger partial charge on any atom is 0.431 e. The molecule has 0 amide bonds. The van der Waals surface area contributed by atoms with Crippen LogP contribution in [0.25, 0.3) is 6.08 Å². The van der Waals surface area contributed by atoms with Gasteiger partial charge in [0, 0.05) is 10.5 Å². The SMILES string of the molecule is FC(F)(F)c1cc2c([nH]1)C=CC(Br)C2. The highest BCUT2D eigenvalue weighted by atomic mass is 79.9. The molecule has 1 heterocycles. The molecule has 5 heteroatoms. The van der Waals surface area contributed by atoms with Crippen LogP contribution >= 0.6 is 15.9 Å². The van der Waals surface area contributed by atoms with Gasteiger partial charge in [0.2, 0.25) is 0 Å². The van der Waals surface area contributed by atoms with Crippen molar-refractivity contribution < 1.29 is 13.2 Å². The van der Waals surface area contributed by atoms with Crippen LogP contribution in [0.15, 0.2) is 12.1 Å². The minimum Gasteiger partial charge on any atom is -0.351 e. The van der Waals surface area contributed by atoms with Gasteiger partial charge < -0.3 is 4.98 Å². The Labute approximate surface area is 87.1 Å². The lowest BCUT2D eigenvalue weighted by atomic mass is 10.0. The summed E-state index contributed by atoms with van der Waals surface area (Å²) in [5.74, 6) is 0. The standard InChI is InChI=1S/C9H7BrF3N/c10-6-1-2-7-5(3-6)4-8(14-7)9(11,12)13/h1-2,4,6,14H,3H2. The largest absolute Gasteiger partial charge is 0.431 e. The van der Waals surface area contributed by atoms with E-state index in [9.17, 15) is 13.2 Å². The number of alkyl halides is 4. The molecule has 1 atom stereocenters. The zero-order chi connectivity index (χ0) is 10.3. The van der Waals surface area contributed by atoms with Gasteiger partial charge in [-0.25, -0.2) is 0 Å². The summed E-state index contributed by atoms with van der Waals surface area (Å²) in [6.07, 6.45) is -0.183. The number of aromatic nitrogens is 1. The number of H-pyrrole nitrogens is 1. The van der Waals surface area contributed by atoms with Crippen LogP contribution in [0.4, 0.5) is 13.2 Å². The highest BCUT2D eigenvalue weighted by Gasteiger charge is 2.33. The van der Waals surface area contributed by atoms with Crippen LogP contribution in [0, 0.1) is 0 Å². The van der Waals surface area contributed by atoms with Crippen molar-refractivity contribution in [3.05, 3.63) is 29.1 Å². The lowest BCUT2D eigenvalue weighted by Crippen LogP contribution is -2.04. The molecule has 1 N–H and O–H groups in total. The van der Waals surface area contributed by atoms with Gasteiger partial charge in [0.1, 0.15) is 5.69 Å². The molecule has 0 radical (unpaired) electrons. The topological polar surface area (TPSA) is 15.8 Å². The van der Waals surface area contributed by atoms with Crippen LogP contribution in [0.5, 0.6) is 0 Å². The van der Waals surface area contributed by atoms with Crippen LogP contribution in [0.2, 0.25) is 0 Å². The second-order valence-electron chi connectivity index (χ2n) is 3.20. The van der Waals surface area contributed by atoms with E-state index in [4.69, 9.17) is 0 Å². The van der Waals surface area contributed by atoms with E-state index in [-0.39, 0.29) is 4.83 Å². The Kier molecular flexibility index (Phi) is 2.21. The average molecular weight is 266 g/mol. The van der Waals surface area contributed by atoms with Crippen molar-refractivity contribution in [1.29, 1.82) is 0 Å². The molecule has 1 nitrogen and oxygen atoms in total. The first kappa shape index (κ1) is 9.83. The van der Waals surface area contributed by atoms with E-state index >= 15 is 0 Å². The van der Waals surface area contributed by atoms with Crippen molar-refractivity contribution in [2.75, 3.05) is 0 Å². The summed E-state index contributed by atoms with van der Waals surface area (Å²) in [5.41, 5.74) is 0.600. The molecule has 0 spiro atoms. The van der Waals surface area contributed by atoms with Crippen LogP contribution in [0.3, 0.4) is 0 Å². The Morgan fingerprint density at radius 2 is 2.14 bits per heavy atom. The molecule has 1 aliphatic rings. The zero-order valence-corrected chi connectivity index (χ0v) is 8.61. The van der Waals surface area contributed by atoms with Gasteiger partial charge in [0.25, 0.3) is 0 Å². The van der Waals surface area contributed by atoms with Crippen LogP contribution in [0.1, 0.15) is 17.0 Å². The Morgan fingerprint density at radius 3 is 2.79 bits per heavy atom. The van der Waals surface area contributed by atoms with Crippen molar-refractivity contribution in [1.82, 2.24) is 4.98 Å². The lowest BCUT2D eigenvalue weighted by Gasteiger charge is -2.08. The van der Waals surface area contributed by atoms with Gasteiger partial charge in [0.15, 0.2) is 0 Å². The molecule has 2 rings (SSSR count). The summed E-state index contributed by atoms with van der Waals surface area (Å²) >= 11 is 3.34. The molecule has 0 saturated carbocycles. The fourth-order valence-corrected chi connectivity index (χ4v) is 1.96. The number of aromatic amines is 1. The molecule has 1 unspecified atom stereocenters. The van der Waals surface area contributed by atoms with E-state index in [1.165, 1.54) is 6.07 Å². The van der Waals surface area contributed by atoms with Gasteiger partial charge in [-0.3, -0.25) is 0 Å². The molecule has 0 fully saturated rings. The van der Waals surface area contributed by atoms with Crippen molar-refractivity contribution >= 4 is 22.0 Å². The predicted molar refractivity (Wildman–Crippen MR) is 51.2 cm³/mol. The Balaban J connectivity index is 2.39. The van der Waals surface area contributed by atoms with E-state index in [1.54, 1.807) is 6.08 Å². The van der Waals surface area contributed by atoms with Crippen molar-refractivity contribution in [2.45, 2.75) is 17.4 Å². The molecule has 1 aromatic heterocycles. The second kappa shape index (κ2) is 3.15. The predicted octanol–water partition coefficient (Wildman–Crippen LogP) is 3.37. The second-order valence-corrected chi connectivity index (χ2v) is 4.38. The van der Waals surface area contributed by atoms with Crippen LogP contribution in [-0.4, -0.2) is 9.81 Å². The maximum atomic E-state index is 12.3. The minimum atomic E-state index is -4.28. The normalized spacial score (nSPS) is 21.0. The number of fused-ring (bicyclic) bond motifs is 1. The highest BCUT2D eigenvalue weighted by Crippen LogP contribution is 2.32. The summed E-state index contributed by atoms with van der Waals surface area (Å²) in [6.45, 7) is 0. The van der Waals surface area contributed by atoms with Gasteiger partial charge in [-0.15, -0.1) is 0 Å². The van der Waals surface area contributed by atoms with Crippen molar-refractivity contribution in [2.24, 2.45) is 0 Å². The Morgan fingerprint density at radius 1 is 1.43 bits per heavy atom. The first-order valence-electron chi connectivity index (χ1n) is 4.08. The fourth-order valence-electron chi connectivity index (χ4n) is 1.46. The number of hydrogen-bond donors (Lipinski definition) is 1. The summed E-state index contributed by atoms with van der Waals surface area (Å²) in [4.78, 5) is 2.49. The van der Waals surface area contributed by atoms with Gasteiger partial charge in [-0.05, 0) is 24.1 Å². The average Bonchev–Trinajstić information content (AvgIpc) is 2.45. The summed E-state index contributed by atoms with van der Waals surface area (Å²) in [6, 6.07) is 1.17. The molecule has 14 heavy (non-hydrogen) atoms. The molecule has 0 aliphatic heterocycles. The van der Waals surface area contributed by atoms with Gasteiger partial charge in [-0.2, -0.15) is 13.2 Å². The molecule has 0 aromatic carbocycles. The summed E-state index contributed by atoms with van der Waals surface area (Å²) in [7, 11) is 0. The van der Waals surface area contributed by atoms with Gasteiger partial charge in [-0.1, -0.05) is 22.0 Å². The molecule has 1 aliphatic carbocycles. The number of nitrogens with one attached hydrogen (secondary N) is 1. The third-order valence-corrected chi connectivity index (χ3v) is 2.75. The fraction of sp³-hybridized carbons (Fsp3) is 0.333. The number of rotatable bonds is 0. The van der Waals surface area contributed by atoms with E-state index in [1.807, 2.05) is 6.08 Å². The number of allylic oxidation sites excluding steroid dienone is 1. The number of hydrogen-bond acceptors (Lipinski definition) is 0. The van der Waals surface area contributed by atoms with Crippen molar-refractivity contribution in [3.63, 3.8) is 0 Å². The van der Waals surface area contributed by atoms with Gasteiger partial charge >= 0.3 is 6.18 Å². The first-order valence-corrected chi connectivity index (χ1v) is 5.00. The van der Waals surface area contributed by atoms with E-state index < -0.39 is 11.9 Å². The lowest BCUT2D eigenvalue weighted by molar-refractivity contribution is -0.140. The Bertz CT molecular complexity index is 378.